The number of nitrogens with one attached hydrogen (secondary N) is 3. The second kappa shape index (κ2) is 4.03. The molecule has 18 heavy (non-hydrogen) atoms. The van der Waals surface area contributed by atoms with Crippen molar-refractivity contribution in [1.29, 1.82) is 0 Å². The van der Waals surface area contributed by atoms with Gasteiger partial charge in [0.15, 0.2) is 0 Å². The van der Waals surface area contributed by atoms with Crippen LogP contribution in [0.15, 0.2) is 24.4 Å². The fourth-order valence-electron chi connectivity index (χ4n) is 2.04. The van der Waals surface area contributed by atoms with E-state index in [0.717, 1.165) is 16.9 Å². The SMILES string of the molecule is Cc1[nH]ncc1[C@H]1NC(=O)c2cc(Cl)ccc2N1. The molecule has 0 saturated heterocycles. The Morgan fingerprint density at radius 1 is 1.33 bits per heavy atom. The van der Waals surface area contributed by atoms with E-state index in [1.165, 1.54) is 0 Å². The highest BCUT2D eigenvalue weighted by Crippen LogP contribution is 2.29. The van der Waals surface area contributed by atoms with Crippen LogP contribution in [0.25, 0.3) is 0 Å². The first-order valence-corrected chi connectivity index (χ1v) is 5.90. The maximum atomic E-state index is 12.0. The van der Waals surface area contributed by atoms with Gasteiger partial charge in [0.05, 0.1) is 11.8 Å². The Labute approximate surface area is 109 Å². The Morgan fingerprint density at radius 2 is 2.17 bits per heavy atom. The number of anilines is 1. The Balaban J connectivity index is 2.00. The predicted molar refractivity (Wildman–Crippen MR) is 68.6 cm³/mol. The second-order valence-corrected chi connectivity index (χ2v) is 4.63. The Hall–Kier alpha value is -2.01. The average molecular weight is 263 g/mol. The van der Waals surface area contributed by atoms with Crippen molar-refractivity contribution < 1.29 is 4.79 Å². The van der Waals surface area contributed by atoms with Gasteiger partial charge in [0.25, 0.3) is 5.91 Å². The van der Waals surface area contributed by atoms with Gasteiger partial charge in [-0.1, -0.05) is 11.6 Å². The molecule has 1 aliphatic rings. The summed E-state index contributed by atoms with van der Waals surface area (Å²) >= 11 is 5.88. The summed E-state index contributed by atoms with van der Waals surface area (Å²) in [6.45, 7) is 1.91. The molecule has 2 aromatic rings. The molecule has 2 heterocycles. The van der Waals surface area contributed by atoms with Crippen molar-refractivity contribution in [2.45, 2.75) is 13.1 Å². The summed E-state index contributed by atoms with van der Waals surface area (Å²) in [6, 6.07) is 5.21. The number of hydrogen-bond donors (Lipinski definition) is 3. The molecule has 1 aliphatic heterocycles. The lowest BCUT2D eigenvalue weighted by Gasteiger charge is -2.27. The van der Waals surface area contributed by atoms with E-state index in [9.17, 15) is 4.79 Å². The zero-order chi connectivity index (χ0) is 12.7. The van der Waals surface area contributed by atoms with E-state index in [1.807, 2.05) is 6.92 Å². The standard InChI is InChI=1S/C12H11ClN4O/c1-6-9(5-14-17-6)11-15-10-3-2-7(13)4-8(10)12(18)16-11/h2-5,11,15H,1H3,(H,14,17)(H,16,18)/t11-/m1/s1. The number of aromatic amines is 1. The van der Waals surface area contributed by atoms with E-state index >= 15 is 0 Å². The predicted octanol–water partition coefficient (Wildman–Crippen LogP) is 2.23. The molecule has 0 aliphatic carbocycles. The topological polar surface area (TPSA) is 69.8 Å². The van der Waals surface area contributed by atoms with Crippen LogP contribution in [0.1, 0.15) is 27.8 Å². The van der Waals surface area contributed by atoms with Gasteiger partial charge in [-0.05, 0) is 25.1 Å². The quantitative estimate of drug-likeness (QED) is 0.738. The third-order valence-corrected chi connectivity index (χ3v) is 3.22. The number of aryl methyl sites for hydroxylation is 1. The van der Waals surface area contributed by atoms with Gasteiger partial charge in [-0.25, -0.2) is 0 Å². The van der Waals surface area contributed by atoms with E-state index in [1.54, 1.807) is 24.4 Å². The summed E-state index contributed by atoms with van der Waals surface area (Å²) in [4.78, 5) is 12.0. The van der Waals surface area contributed by atoms with Crippen LogP contribution in [0.5, 0.6) is 0 Å². The normalized spacial score (nSPS) is 17.9. The molecule has 6 heteroatoms. The van der Waals surface area contributed by atoms with Crippen molar-refractivity contribution in [1.82, 2.24) is 15.5 Å². The average Bonchev–Trinajstić information content (AvgIpc) is 2.76. The van der Waals surface area contributed by atoms with Gasteiger partial charge in [0.2, 0.25) is 0 Å². The fourth-order valence-corrected chi connectivity index (χ4v) is 2.21. The molecule has 0 saturated carbocycles. The third kappa shape index (κ3) is 1.73. The molecule has 1 atom stereocenters. The van der Waals surface area contributed by atoms with Gasteiger partial charge < -0.3 is 10.6 Å². The molecule has 5 nitrogen and oxygen atoms in total. The van der Waals surface area contributed by atoms with Crippen molar-refractivity contribution >= 4 is 23.2 Å². The lowest BCUT2D eigenvalue weighted by molar-refractivity contribution is 0.0935. The summed E-state index contributed by atoms with van der Waals surface area (Å²) in [5.74, 6) is -0.142. The van der Waals surface area contributed by atoms with Crippen LogP contribution < -0.4 is 10.6 Å². The van der Waals surface area contributed by atoms with Crippen LogP contribution in [-0.4, -0.2) is 16.1 Å². The lowest BCUT2D eigenvalue weighted by Crippen LogP contribution is -2.38. The summed E-state index contributed by atoms with van der Waals surface area (Å²) in [5.41, 5.74) is 3.17. The highest BCUT2D eigenvalue weighted by Gasteiger charge is 2.26. The van der Waals surface area contributed by atoms with Gasteiger partial charge >= 0.3 is 0 Å². The summed E-state index contributed by atoms with van der Waals surface area (Å²) < 4.78 is 0. The highest BCUT2D eigenvalue weighted by atomic mass is 35.5. The molecule has 92 valence electrons. The van der Waals surface area contributed by atoms with E-state index < -0.39 is 0 Å². The van der Waals surface area contributed by atoms with Gasteiger partial charge in [-0.2, -0.15) is 5.10 Å². The number of nitrogens with zero attached hydrogens (tertiary/aromatic N) is 1. The maximum absolute atomic E-state index is 12.0. The molecule has 0 bridgehead atoms. The second-order valence-electron chi connectivity index (χ2n) is 4.19. The van der Waals surface area contributed by atoms with E-state index in [-0.39, 0.29) is 12.1 Å². The van der Waals surface area contributed by atoms with Crippen LogP contribution >= 0.6 is 11.6 Å². The number of rotatable bonds is 1. The number of halogens is 1. The molecule has 0 fully saturated rings. The Bertz CT molecular complexity index is 622. The fraction of sp³-hybridized carbons (Fsp3) is 0.167. The molecular formula is C12H11ClN4O. The molecule has 1 amide bonds. The first kappa shape index (κ1) is 11.1. The van der Waals surface area contributed by atoms with Gasteiger partial charge in [-0.15, -0.1) is 0 Å². The van der Waals surface area contributed by atoms with Crippen LogP contribution in [0, 0.1) is 6.92 Å². The minimum atomic E-state index is -0.273. The molecular weight excluding hydrogens is 252 g/mol. The van der Waals surface area contributed by atoms with Gasteiger partial charge in [0.1, 0.15) is 6.17 Å². The van der Waals surface area contributed by atoms with Gasteiger partial charge in [0, 0.05) is 22.0 Å². The van der Waals surface area contributed by atoms with Crippen molar-refractivity contribution in [2.75, 3.05) is 5.32 Å². The number of carbonyl (C=O) groups is 1. The lowest BCUT2D eigenvalue weighted by atomic mass is 10.1. The number of amides is 1. The van der Waals surface area contributed by atoms with Crippen molar-refractivity contribution in [3.8, 4) is 0 Å². The first-order chi connectivity index (χ1) is 8.65. The van der Waals surface area contributed by atoms with E-state index in [0.29, 0.717) is 10.6 Å². The van der Waals surface area contributed by atoms with Crippen molar-refractivity contribution in [2.24, 2.45) is 0 Å². The molecule has 0 unspecified atom stereocenters. The number of H-pyrrole nitrogens is 1. The summed E-state index contributed by atoms with van der Waals surface area (Å²) in [7, 11) is 0. The zero-order valence-corrected chi connectivity index (χ0v) is 10.4. The minimum Gasteiger partial charge on any atom is -0.361 e. The number of carbonyl (C=O) groups excluding carboxylic acids is 1. The molecule has 0 radical (unpaired) electrons. The first-order valence-electron chi connectivity index (χ1n) is 5.52. The molecule has 0 spiro atoms. The number of benzene rings is 1. The third-order valence-electron chi connectivity index (χ3n) is 2.98. The molecule has 1 aromatic heterocycles. The van der Waals surface area contributed by atoms with E-state index in [2.05, 4.69) is 20.8 Å². The Morgan fingerprint density at radius 3 is 2.89 bits per heavy atom. The van der Waals surface area contributed by atoms with E-state index in [4.69, 9.17) is 11.6 Å². The van der Waals surface area contributed by atoms with Crippen LogP contribution in [-0.2, 0) is 0 Å². The van der Waals surface area contributed by atoms with Crippen molar-refractivity contribution in [3.63, 3.8) is 0 Å². The zero-order valence-electron chi connectivity index (χ0n) is 9.62. The maximum Gasteiger partial charge on any atom is 0.255 e. The van der Waals surface area contributed by atoms with Crippen LogP contribution in [0.2, 0.25) is 5.02 Å². The van der Waals surface area contributed by atoms with Crippen LogP contribution in [0.3, 0.4) is 0 Å². The molecule has 3 rings (SSSR count). The smallest absolute Gasteiger partial charge is 0.255 e. The summed E-state index contributed by atoms with van der Waals surface area (Å²) in [5, 5.41) is 13.5. The number of aromatic nitrogens is 2. The van der Waals surface area contributed by atoms with Crippen molar-refractivity contribution in [3.05, 3.63) is 46.2 Å². The number of hydrogen-bond acceptors (Lipinski definition) is 3. The largest absolute Gasteiger partial charge is 0.361 e. The highest BCUT2D eigenvalue weighted by molar-refractivity contribution is 6.31. The minimum absolute atomic E-state index is 0.142. The van der Waals surface area contributed by atoms with Gasteiger partial charge in [-0.3, -0.25) is 9.89 Å². The number of fused-ring (bicyclic) bond motifs is 1. The van der Waals surface area contributed by atoms with Crippen LogP contribution in [0.4, 0.5) is 5.69 Å². The molecule has 3 N–H and O–H groups in total. The monoisotopic (exact) mass is 262 g/mol. The Kier molecular flexibility index (Phi) is 2.48. The summed E-state index contributed by atoms with van der Waals surface area (Å²) in [6.07, 6.45) is 1.43. The molecule has 1 aromatic carbocycles.